The molecule has 0 aromatic heterocycles. The van der Waals surface area contributed by atoms with Crippen molar-refractivity contribution < 1.29 is 4.74 Å². The molecule has 1 atom stereocenters. The molecule has 1 aromatic carbocycles. The minimum absolute atomic E-state index is 0.295. The van der Waals surface area contributed by atoms with E-state index in [9.17, 15) is 0 Å². The molecule has 0 aliphatic carbocycles. The third-order valence-electron chi connectivity index (χ3n) is 3.10. The van der Waals surface area contributed by atoms with Gasteiger partial charge in [0.1, 0.15) is 11.8 Å². The second kappa shape index (κ2) is 5.17. The Balaban J connectivity index is 2.09. The second-order valence-corrected chi connectivity index (χ2v) is 4.43. The Hall–Kier alpha value is -1.57. The predicted octanol–water partition coefficient (Wildman–Crippen LogP) is 1.10. The predicted molar refractivity (Wildman–Crippen MR) is 65.6 cm³/mol. The van der Waals surface area contributed by atoms with Crippen molar-refractivity contribution in [2.75, 3.05) is 20.2 Å². The number of ether oxygens (including phenoxy) is 1. The minimum Gasteiger partial charge on any atom is -0.495 e. The largest absolute Gasteiger partial charge is 0.495 e. The topological polar surface area (TPSA) is 62.3 Å². The molecule has 1 aromatic rings. The SMILES string of the molecule is COc1ccc(CN2CC[C@H](N)C2)cc1C#N. The Morgan fingerprint density at radius 3 is 3.00 bits per heavy atom. The van der Waals surface area contributed by atoms with E-state index in [1.54, 1.807) is 7.11 Å². The summed E-state index contributed by atoms with van der Waals surface area (Å²) in [6.45, 7) is 2.83. The van der Waals surface area contributed by atoms with Crippen molar-refractivity contribution in [1.29, 1.82) is 5.26 Å². The van der Waals surface area contributed by atoms with E-state index in [4.69, 9.17) is 15.7 Å². The van der Waals surface area contributed by atoms with Gasteiger partial charge in [-0.1, -0.05) is 6.07 Å². The summed E-state index contributed by atoms with van der Waals surface area (Å²) in [6.07, 6.45) is 1.06. The summed E-state index contributed by atoms with van der Waals surface area (Å²) in [6, 6.07) is 8.19. The zero-order chi connectivity index (χ0) is 12.3. The fourth-order valence-corrected chi connectivity index (χ4v) is 2.21. The van der Waals surface area contributed by atoms with Gasteiger partial charge in [0, 0.05) is 25.7 Å². The van der Waals surface area contributed by atoms with E-state index < -0.39 is 0 Å². The van der Waals surface area contributed by atoms with Crippen molar-refractivity contribution in [3.05, 3.63) is 29.3 Å². The van der Waals surface area contributed by atoms with Crippen LogP contribution in [0.25, 0.3) is 0 Å². The molecule has 0 unspecified atom stereocenters. The first-order chi connectivity index (χ1) is 8.22. The first-order valence-electron chi connectivity index (χ1n) is 5.78. The van der Waals surface area contributed by atoms with E-state index in [0.29, 0.717) is 17.4 Å². The lowest BCUT2D eigenvalue weighted by Crippen LogP contribution is -2.26. The van der Waals surface area contributed by atoms with Gasteiger partial charge in [0.15, 0.2) is 0 Å². The Labute approximate surface area is 102 Å². The summed E-state index contributed by atoms with van der Waals surface area (Å²) >= 11 is 0. The molecule has 0 saturated carbocycles. The molecule has 4 nitrogen and oxygen atoms in total. The number of methoxy groups -OCH3 is 1. The summed E-state index contributed by atoms with van der Waals surface area (Å²) in [5.74, 6) is 0.634. The second-order valence-electron chi connectivity index (χ2n) is 4.43. The van der Waals surface area contributed by atoms with Crippen LogP contribution in [0.3, 0.4) is 0 Å². The van der Waals surface area contributed by atoms with Gasteiger partial charge in [0.25, 0.3) is 0 Å². The molecule has 1 aliphatic rings. The molecular weight excluding hydrogens is 214 g/mol. The Morgan fingerprint density at radius 2 is 2.41 bits per heavy atom. The average Bonchev–Trinajstić information content (AvgIpc) is 2.74. The van der Waals surface area contributed by atoms with Gasteiger partial charge in [-0.3, -0.25) is 4.90 Å². The van der Waals surface area contributed by atoms with E-state index in [2.05, 4.69) is 11.0 Å². The molecule has 2 rings (SSSR count). The van der Waals surface area contributed by atoms with Crippen molar-refractivity contribution in [3.8, 4) is 11.8 Å². The number of nitrogens with two attached hydrogens (primary N) is 1. The third-order valence-corrected chi connectivity index (χ3v) is 3.10. The standard InChI is InChI=1S/C13H17N3O/c1-17-13-3-2-10(6-11(13)7-14)8-16-5-4-12(15)9-16/h2-3,6,12H,4-5,8-9,15H2,1H3/t12-/m0/s1. The highest BCUT2D eigenvalue weighted by Crippen LogP contribution is 2.20. The summed E-state index contributed by atoms with van der Waals surface area (Å²) in [7, 11) is 1.58. The minimum atomic E-state index is 0.295. The van der Waals surface area contributed by atoms with Gasteiger partial charge < -0.3 is 10.5 Å². The normalized spacial score (nSPS) is 20.2. The molecule has 0 radical (unpaired) electrons. The smallest absolute Gasteiger partial charge is 0.136 e. The van der Waals surface area contributed by atoms with Gasteiger partial charge in [-0.2, -0.15) is 5.26 Å². The van der Waals surface area contributed by atoms with Crippen LogP contribution in [-0.4, -0.2) is 31.1 Å². The van der Waals surface area contributed by atoms with Gasteiger partial charge >= 0.3 is 0 Å². The molecule has 1 aliphatic heterocycles. The van der Waals surface area contributed by atoms with E-state index in [1.807, 2.05) is 18.2 Å². The Kier molecular flexibility index (Phi) is 3.62. The highest BCUT2D eigenvalue weighted by molar-refractivity contribution is 5.45. The monoisotopic (exact) mass is 231 g/mol. The molecule has 2 N–H and O–H groups in total. The maximum absolute atomic E-state index is 9.01. The molecule has 4 heteroatoms. The zero-order valence-corrected chi connectivity index (χ0v) is 10.0. The Bertz CT molecular complexity index is 439. The Morgan fingerprint density at radius 1 is 1.59 bits per heavy atom. The highest BCUT2D eigenvalue weighted by Gasteiger charge is 2.19. The summed E-state index contributed by atoms with van der Waals surface area (Å²) in [4.78, 5) is 2.31. The van der Waals surface area contributed by atoms with Crippen molar-refractivity contribution in [2.45, 2.75) is 19.0 Å². The van der Waals surface area contributed by atoms with Crippen LogP contribution >= 0.6 is 0 Å². The third kappa shape index (κ3) is 2.76. The van der Waals surface area contributed by atoms with Gasteiger partial charge in [-0.15, -0.1) is 0 Å². The van der Waals surface area contributed by atoms with Crippen LogP contribution in [0.15, 0.2) is 18.2 Å². The highest BCUT2D eigenvalue weighted by atomic mass is 16.5. The van der Waals surface area contributed by atoms with Gasteiger partial charge in [-0.25, -0.2) is 0 Å². The number of rotatable bonds is 3. The number of benzene rings is 1. The summed E-state index contributed by atoms with van der Waals surface area (Å²) in [5, 5.41) is 9.01. The first-order valence-corrected chi connectivity index (χ1v) is 5.78. The van der Waals surface area contributed by atoms with Crippen LogP contribution in [0.4, 0.5) is 0 Å². The molecule has 17 heavy (non-hydrogen) atoms. The fourth-order valence-electron chi connectivity index (χ4n) is 2.21. The molecule has 0 bridgehead atoms. The molecule has 0 amide bonds. The molecule has 1 fully saturated rings. The number of hydrogen-bond donors (Lipinski definition) is 1. The molecule has 1 saturated heterocycles. The number of nitriles is 1. The van der Waals surface area contributed by atoms with Crippen molar-refractivity contribution in [3.63, 3.8) is 0 Å². The van der Waals surface area contributed by atoms with Crippen molar-refractivity contribution in [1.82, 2.24) is 4.90 Å². The summed E-state index contributed by atoms with van der Waals surface area (Å²) < 4.78 is 5.12. The van der Waals surface area contributed by atoms with E-state index in [0.717, 1.165) is 31.6 Å². The van der Waals surface area contributed by atoms with Crippen LogP contribution in [0.2, 0.25) is 0 Å². The van der Waals surface area contributed by atoms with Crippen LogP contribution in [0, 0.1) is 11.3 Å². The zero-order valence-electron chi connectivity index (χ0n) is 10.0. The molecule has 90 valence electrons. The molecule has 0 spiro atoms. The first kappa shape index (κ1) is 11.9. The van der Waals surface area contributed by atoms with Crippen LogP contribution in [0.1, 0.15) is 17.5 Å². The molecular formula is C13H17N3O. The number of hydrogen-bond acceptors (Lipinski definition) is 4. The lowest BCUT2D eigenvalue weighted by atomic mass is 10.1. The maximum atomic E-state index is 9.01. The van der Waals surface area contributed by atoms with E-state index >= 15 is 0 Å². The number of likely N-dealkylation sites (tertiary alicyclic amines) is 1. The van der Waals surface area contributed by atoms with Crippen LogP contribution in [0.5, 0.6) is 5.75 Å². The molecule has 1 heterocycles. The van der Waals surface area contributed by atoms with Crippen LogP contribution in [-0.2, 0) is 6.54 Å². The van der Waals surface area contributed by atoms with E-state index in [-0.39, 0.29) is 0 Å². The van der Waals surface area contributed by atoms with Gasteiger partial charge in [0.2, 0.25) is 0 Å². The average molecular weight is 231 g/mol. The van der Waals surface area contributed by atoms with Crippen molar-refractivity contribution >= 4 is 0 Å². The van der Waals surface area contributed by atoms with Crippen molar-refractivity contribution in [2.24, 2.45) is 5.73 Å². The lowest BCUT2D eigenvalue weighted by molar-refractivity contribution is 0.326. The van der Waals surface area contributed by atoms with Gasteiger partial charge in [0.05, 0.1) is 12.7 Å². The van der Waals surface area contributed by atoms with Gasteiger partial charge in [-0.05, 0) is 24.1 Å². The van der Waals surface area contributed by atoms with E-state index in [1.165, 1.54) is 0 Å². The number of nitrogens with zero attached hydrogens (tertiary/aromatic N) is 2. The summed E-state index contributed by atoms with van der Waals surface area (Å²) in [5.41, 5.74) is 7.59. The lowest BCUT2D eigenvalue weighted by Gasteiger charge is -2.15. The van der Waals surface area contributed by atoms with Crippen LogP contribution < -0.4 is 10.5 Å². The fraction of sp³-hybridized carbons (Fsp3) is 0.462. The maximum Gasteiger partial charge on any atom is 0.136 e. The quantitative estimate of drug-likeness (QED) is 0.846.